The first-order valence-corrected chi connectivity index (χ1v) is 5.34. The number of nitrogens with zero attached hydrogens (tertiary/aromatic N) is 1. The monoisotopic (exact) mass is 264 g/mol. The van der Waals surface area contributed by atoms with Crippen LogP contribution in [0, 0.1) is 0 Å². The first-order valence-electron chi connectivity index (χ1n) is 4.81. The van der Waals surface area contributed by atoms with Crippen molar-refractivity contribution in [3.8, 4) is 0 Å². The molecular formula is C10H11ClF2N2O2. The molecule has 17 heavy (non-hydrogen) atoms. The molecular weight excluding hydrogens is 254 g/mol. The lowest BCUT2D eigenvalue weighted by atomic mass is 10.1. The number of aromatic nitrogens is 1. The van der Waals surface area contributed by atoms with Crippen LogP contribution in [0.3, 0.4) is 0 Å². The molecule has 1 aromatic heterocycles. The summed E-state index contributed by atoms with van der Waals surface area (Å²) in [5.74, 6) is -1.12. The van der Waals surface area contributed by atoms with Crippen LogP contribution in [-0.2, 0) is 10.6 Å². The highest BCUT2D eigenvalue weighted by atomic mass is 35.5. The van der Waals surface area contributed by atoms with E-state index in [1.54, 1.807) is 6.92 Å². The normalized spacial score (nSPS) is 10.6. The number of carbonyl (C=O) groups is 1. The third-order valence-electron chi connectivity index (χ3n) is 2.05. The van der Waals surface area contributed by atoms with E-state index < -0.39 is 18.0 Å². The van der Waals surface area contributed by atoms with Gasteiger partial charge in [0.1, 0.15) is 0 Å². The van der Waals surface area contributed by atoms with Gasteiger partial charge >= 0.3 is 5.97 Å². The second-order valence-corrected chi connectivity index (χ2v) is 3.37. The van der Waals surface area contributed by atoms with E-state index in [1.165, 1.54) is 0 Å². The van der Waals surface area contributed by atoms with Gasteiger partial charge in [-0.3, -0.25) is 4.98 Å². The summed E-state index contributed by atoms with van der Waals surface area (Å²) in [6, 6.07) is 0. The van der Waals surface area contributed by atoms with E-state index in [2.05, 4.69) is 9.72 Å². The molecule has 1 aromatic rings. The summed E-state index contributed by atoms with van der Waals surface area (Å²) >= 11 is 5.49. The lowest BCUT2D eigenvalue weighted by Gasteiger charge is -2.13. The summed E-state index contributed by atoms with van der Waals surface area (Å²) in [5, 5.41) is 0. The van der Waals surface area contributed by atoms with Gasteiger partial charge in [0.2, 0.25) is 0 Å². The molecule has 0 saturated heterocycles. The van der Waals surface area contributed by atoms with Crippen molar-refractivity contribution in [3.63, 3.8) is 0 Å². The molecule has 1 rings (SSSR count). The van der Waals surface area contributed by atoms with Gasteiger partial charge in [-0.05, 0) is 6.92 Å². The molecule has 0 unspecified atom stereocenters. The summed E-state index contributed by atoms with van der Waals surface area (Å²) < 4.78 is 30.5. The molecule has 7 heteroatoms. The van der Waals surface area contributed by atoms with Gasteiger partial charge in [-0.15, -0.1) is 11.6 Å². The molecule has 94 valence electrons. The molecule has 4 nitrogen and oxygen atoms in total. The van der Waals surface area contributed by atoms with E-state index in [9.17, 15) is 13.6 Å². The first kappa shape index (κ1) is 13.6. The largest absolute Gasteiger partial charge is 0.462 e. The molecule has 0 aromatic carbocycles. The van der Waals surface area contributed by atoms with Crippen molar-refractivity contribution in [3.05, 3.63) is 23.0 Å². The highest BCUT2D eigenvalue weighted by molar-refractivity contribution is 6.17. The Balaban J connectivity index is 3.38. The van der Waals surface area contributed by atoms with Crippen molar-refractivity contribution >= 4 is 23.3 Å². The van der Waals surface area contributed by atoms with Crippen LogP contribution in [0.5, 0.6) is 0 Å². The minimum absolute atomic E-state index is 0.0689. The summed E-state index contributed by atoms with van der Waals surface area (Å²) in [5.41, 5.74) is 4.35. The molecule has 1 heterocycles. The summed E-state index contributed by atoms with van der Waals surface area (Å²) in [7, 11) is 0. The van der Waals surface area contributed by atoms with Crippen molar-refractivity contribution in [2.24, 2.45) is 0 Å². The van der Waals surface area contributed by atoms with Gasteiger partial charge in [0.05, 0.1) is 41.2 Å². The Morgan fingerprint density at radius 2 is 2.29 bits per heavy atom. The Kier molecular flexibility index (Phi) is 4.62. The summed E-state index contributed by atoms with van der Waals surface area (Å²) in [4.78, 5) is 15.2. The number of nitrogens with two attached hydrogens (primary N) is 1. The topological polar surface area (TPSA) is 65.2 Å². The quantitative estimate of drug-likeness (QED) is 0.670. The minimum Gasteiger partial charge on any atom is -0.462 e. The number of hydrogen-bond acceptors (Lipinski definition) is 4. The SMILES string of the molecule is CCOC(=O)c1c(N)cnc(CCl)c1C(F)F. The van der Waals surface area contributed by atoms with Gasteiger partial charge in [-0.2, -0.15) is 0 Å². The van der Waals surface area contributed by atoms with Gasteiger partial charge in [-0.1, -0.05) is 0 Å². The maximum Gasteiger partial charge on any atom is 0.340 e. The lowest BCUT2D eigenvalue weighted by molar-refractivity contribution is 0.0516. The Labute approximate surface area is 102 Å². The highest BCUT2D eigenvalue weighted by Gasteiger charge is 2.26. The number of pyridine rings is 1. The number of esters is 1. The van der Waals surface area contributed by atoms with Crippen molar-refractivity contribution in [1.29, 1.82) is 0 Å². The van der Waals surface area contributed by atoms with Gasteiger partial charge in [0, 0.05) is 0 Å². The third kappa shape index (κ3) is 2.82. The van der Waals surface area contributed by atoms with Crippen molar-refractivity contribution in [2.45, 2.75) is 19.2 Å². The van der Waals surface area contributed by atoms with Gasteiger partial charge in [-0.25, -0.2) is 13.6 Å². The Morgan fingerprint density at radius 1 is 1.65 bits per heavy atom. The average Bonchev–Trinajstić information content (AvgIpc) is 2.28. The fraction of sp³-hybridized carbons (Fsp3) is 0.400. The predicted molar refractivity (Wildman–Crippen MR) is 59.1 cm³/mol. The molecule has 0 aliphatic rings. The number of anilines is 1. The van der Waals surface area contributed by atoms with Crippen LogP contribution < -0.4 is 5.73 Å². The number of ether oxygens (including phenoxy) is 1. The van der Waals surface area contributed by atoms with E-state index in [0.717, 1.165) is 6.20 Å². The van der Waals surface area contributed by atoms with E-state index in [1.807, 2.05) is 0 Å². The smallest absolute Gasteiger partial charge is 0.340 e. The van der Waals surface area contributed by atoms with Gasteiger partial charge in [0.15, 0.2) is 0 Å². The Bertz CT molecular complexity index is 427. The van der Waals surface area contributed by atoms with E-state index in [0.29, 0.717) is 0 Å². The Morgan fingerprint density at radius 3 is 2.76 bits per heavy atom. The zero-order valence-electron chi connectivity index (χ0n) is 9.04. The summed E-state index contributed by atoms with van der Waals surface area (Å²) in [6.45, 7) is 1.64. The van der Waals surface area contributed by atoms with Crippen LogP contribution >= 0.6 is 11.6 Å². The number of carbonyl (C=O) groups excluding carboxylic acids is 1. The first-order chi connectivity index (χ1) is 8.02. The minimum atomic E-state index is -2.89. The van der Waals surface area contributed by atoms with E-state index in [4.69, 9.17) is 17.3 Å². The van der Waals surface area contributed by atoms with Crippen molar-refractivity contribution < 1.29 is 18.3 Å². The maximum absolute atomic E-state index is 12.9. The van der Waals surface area contributed by atoms with Crippen molar-refractivity contribution in [1.82, 2.24) is 4.98 Å². The van der Waals surface area contributed by atoms with E-state index >= 15 is 0 Å². The number of rotatable bonds is 4. The fourth-order valence-corrected chi connectivity index (χ4v) is 1.57. The molecule has 0 bridgehead atoms. The Hall–Kier alpha value is -1.43. The molecule has 0 aliphatic carbocycles. The van der Waals surface area contributed by atoms with Gasteiger partial charge in [0.25, 0.3) is 6.43 Å². The maximum atomic E-state index is 12.9. The zero-order valence-corrected chi connectivity index (χ0v) is 9.80. The molecule has 0 saturated carbocycles. The fourth-order valence-electron chi connectivity index (χ4n) is 1.35. The molecule has 0 spiro atoms. The van der Waals surface area contributed by atoms with Gasteiger partial charge < -0.3 is 10.5 Å². The van der Waals surface area contributed by atoms with Crippen LogP contribution in [0.2, 0.25) is 0 Å². The molecule has 0 atom stereocenters. The number of alkyl halides is 3. The standard InChI is InChI=1S/C10H11ClF2N2O2/c1-2-17-10(16)7-5(14)4-15-6(3-11)8(7)9(12)13/h4,9H,2-3,14H2,1H3. The van der Waals surface area contributed by atoms with Crippen LogP contribution in [0.1, 0.15) is 35.0 Å². The molecule has 2 N–H and O–H groups in total. The number of hydrogen-bond donors (Lipinski definition) is 1. The molecule has 0 amide bonds. The second kappa shape index (κ2) is 5.77. The lowest BCUT2D eigenvalue weighted by Crippen LogP contribution is -2.14. The number of nitrogen functional groups attached to an aromatic ring is 1. The van der Waals surface area contributed by atoms with Crippen LogP contribution in [0.15, 0.2) is 6.20 Å². The number of halogens is 3. The molecule has 0 fully saturated rings. The van der Waals surface area contributed by atoms with Crippen molar-refractivity contribution in [2.75, 3.05) is 12.3 Å². The molecule has 0 aliphatic heterocycles. The average molecular weight is 265 g/mol. The van der Waals surface area contributed by atoms with Crippen LogP contribution in [0.4, 0.5) is 14.5 Å². The second-order valence-electron chi connectivity index (χ2n) is 3.10. The third-order valence-corrected chi connectivity index (χ3v) is 2.31. The predicted octanol–water partition coefficient (Wildman–Crippen LogP) is 2.52. The van der Waals surface area contributed by atoms with Crippen LogP contribution in [-0.4, -0.2) is 17.6 Å². The van der Waals surface area contributed by atoms with Crippen LogP contribution in [0.25, 0.3) is 0 Å². The van der Waals surface area contributed by atoms with E-state index in [-0.39, 0.29) is 29.4 Å². The summed E-state index contributed by atoms with van der Waals surface area (Å²) in [6.07, 6.45) is -1.77. The highest BCUT2D eigenvalue weighted by Crippen LogP contribution is 2.30. The zero-order chi connectivity index (χ0) is 13.0. The molecule has 0 radical (unpaired) electrons.